The molecule has 2 rings (SSSR count). The average Bonchev–Trinajstić information content (AvgIpc) is 2.43. The van der Waals surface area contributed by atoms with Crippen molar-refractivity contribution in [3.05, 3.63) is 34.4 Å². The largest absolute Gasteiger partial charge is 0.435 e. The molecule has 0 aromatic heterocycles. The Morgan fingerprint density at radius 3 is 1.16 bits per heavy atom. The van der Waals surface area contributed by atoms with Gasteiger partial charge in [-0.05, 0) is 0 Å². The molecule has 0 fully saturated rings. The molecule has 14 heteroatoms. The molecule has 0 heterocycles. The van der Waals surface area contributed by atoms with Crippen LogP contribution < -0.4 is 0 Å². The summed E-state index contributed by atoms with van der Waals surface area (Å²) < 4.78 is 183. The van der Waals surface area contributed by atoms with Gasteiger partial charge in [-0.3, -0.25) is 0 Å². The Hall–Kier alpha value is -1.76. The molecule has 0 spiro atoms. The number of rotatable bonds is 1. The van der Waals surface area contributed by atoms with Gasteiger partial charge in [-0.1, -0.05) is 0 Å². The molecule has 1 aromatic carbocycles. The normalized spacial score (nSPS) is 23.3. The standard InChI is InChI=1S/C11F14/c12-3-1-2(4(13)6(15)5(3)14)8(17,18)7(1,16)9(19,10(20,21)22)11(23,24)25. The molecule has 142 valence electrons. The number of hydrogen-bond acceptors (Lipinski definition) is 0. The highest BCUT2D eigenvalue weighted by molar-refractivity contribution is 5.54. The SMILES string of the molecule is Fc1c(F)c(F)c2c(c1F)C(F)(F)C2(F)C(F)(C(F)(F)F)C(F)(F)F. The first-order valence-electron chi connectivity index (χ1n) is 5.65. The third-order valence-electron chi connectivity index (χ3n) is 3.61. The van der Waals surface area contributed by atoms with Crippen LogP contribution in [0.3, 0.4) is 0 Å². The van der Waals surface area contributed by atoms with Crippen molar-refractivity contribution in [1.82, 2.24) is 0 Å². The minimum absolute atomic E-state index is 2.98. The third kappa shape index (κ3) is 1.85. The second-order valence-corrected chi connectivity index (χ2v) is 4.89. The maximum atomic E-state index is 14.2. The fourth-order valence-corrected chi connectivity index (χ4v) is 2.46. The molecule has 1 aliphatic rings. The van der Waals surface area contributed by atoms with Crippen molar-refractivity contribution in [3.63, 3.8) is 0 Å². The second-order valence-electron chi connectivity index (χ2n) is 4.89. The van der Waals surface area contributed by atoms with Crippen LogP contribution >= 0.6 is 0 Å². The van der Waals surface area contributed by atoms with E-state index in [9.17, 15) is 61.5 Å². The maximum Gasteiger partial charge on any atom is 0.435 e. The van der Waals surface area contributed by atoms with Gasteiger partial charge in [0.1, 0.15) is 0 Å². The van der Waals surface area contributed by atoms with Crippen LogP contribution in [-0.4, -0.2) is 18.0 Å². The molecule has 0 saturated carbocycles. The Bertz CT molecular complexity index is 727. The summed E-state index contributed by atoms with van der Waals surface area (Å²) in [4.78, 5) is 0. The molecule has 1 unspecified atom stereocenters. The van der Waals surface area contributed by atoms with Crippen LogP contribution in [0.5, 0.6) is 0 Å². The Kier molecular flexibility index (Phi) is 3.67. The van der Waals surface area contributed by atoms with Crippen molar-refractivity contribution < 1.29 is 61.5 Å². The van der Waals surface area contributed by atoms with Crippen LogP contribution in [0.1, 0.15) is 11.1 Å². The fourth-order valence-electron chi connectivity index (χ4n) is 2.46. The minimum atomic E-state index is -7.46. The molecule has 25 heavy (non-hydrogen) atoms. The van der Waals surface area contributed by atoms with Gasteiger partial charge in [-0.15, -0.1) is 0 Å². The number of alkyl halides is 10. The Labute approximate surface area is 127 Å². The fraction of sp³-hybridized carbons (Fsp3) is 0.455. The summed E-state index contributed by atoms with van der Waals surface area (Å²) in [5, 5.41) is 0. The highest BCUT2D eigenvalue weighted by Crippen LogP contribution is 2.72. The van der Waals surface area contributed by atoms with Crippen LogP contribution in [0.4, 0.5) is 61.5 Å². The third-order valence-corrected chi connectivity index (χ3v) is 3.61. The van der Waals surface area contributed by atoms with Gasteiger partial charge in [0.2, 0.25) is 0 Å². The van der Waals surface area contributed by atoms with E-state index >= 15 is 0 Å². The Balaban J connectivity index is 3.01. The lowest BCUT2D eigenvalue weighted by molar-refractivity contribution is -0.416. The van der Waals surface area contributed by atoms with Crippen LogP contribution in [0.2, 0.25) is 0 Å². The van der Waals surface area contributed by atoms with Crippen LogP contribution in [0.25, 0.3) is 0 Å². The van der Waals surface area contributed by atoms with E-state index in [1.165, 1.54) is 0 Å². The van der Waals surface area contributed by atoms with Gasteiger partial charge >= 0.3 is 23.9 Å². The Morgan fingerprint density at radius 2 is 0.840 bits per heavy atom. The van der Waals surface area contributed by atoms with Gasteiger partial charge in [0.05, 0.1) is 11.1 Å². The van der Waals surface area contributed by atoms with Gasteiger partial charge in [-0.2, -0.15) is 35.1 Å². The van der Waals surface area contributed by atoms with Crippen LogP contribution in [0, 0.1) is 23.3 Å². The van der Waals surface area contributed by atoms with Gasteiger partial charge in [0.15, 0.2) is 23.3 Å². The summed E-state index contributed by atoms with van der Waals surface area (Å²) in [6.07, 6.45) is -14.9. The van der Waals surface area contributed by atoms with Crippen LogP contribution in [-0.2, 0) is 11.6 Å². The van der Waals surface area contributed by atoms with E-state index in [2.05, 4.69) is 0 Å². The number of benzene rings is 1. The van der Waals surface area contributed by atoms with Crippen molar-refractivity contribution in [2.75, 3.05) is 0 Å². The summed E-state index contributed by atoms with van der Waals surface area (Å²) in [5.41, 5.74) is -20.3. The second kappa shape index (κ2) is 4.69. The number of hydrogen-bond donors (Lipinski definition) is 0. The van der Waals surface area contributed by atoms with Crippen molar-refractivity contribution >= 4 is 0 Å². The summed E-state index contributed by atoms with van der Waals surface area (Å²) in [5.74, 6) is -19.1. The van der Waals surface area contributed by atoms with Crippen molar-refractivity contribution in [2.24, 2.45) is 0 Å². The molecule has 0 radical (unpaired) electrons. The molecular formula is C11F14. The lowest BCUT2D eigenvalue weighted by atomic mass is 9.61. The maximum absolute atomic E-state index is 14.2. The molecule has 0 aliphatic heterocycles. The van der Waals surface area contributed by atoms with Gasteiger partial charge in [0, 0.05) is 0 Å². The summed E-state index contributed by atoms with van der Waals surface area (Å²) in [6, 6.07) is 0. The smallest absolute Gasteiger partial charge is 0.227 e. The first-order valence-corrected chi connectivity index (χ1v) is 5.65. The van der Waals surface area contributed by atoms with Crippen molar-refractivity contribution in [1.29, 1.82) is 0 Å². The first-order chi connectivity index (χ1) is 10.9. The van der Waals surface area contributed by atoms with E-state index < -0.39 is 64.0 Å². The summed E-state index contributed by atoms with van der Waals surface area (Å²) in [7, 11) is 0. The lowest BCUT2D eigenvalue weighted by Crippen LogP contribution is -2.73. The Morgan fingerprint density at radius 1 is 0.520 bits per heavy atom. The molecule has 1 atom stereocenters. The molecule has 0 amide bonds. The predicted molar refractivity (Wildman–Crippen MR) is 48.9 cm³/mol. The summed E-state index contributed by atoms with van der Waals surface area (Å²) in [6.45, 7) is 0. The molecule has 0 N–H and O–H groups in total. The molecule has 0 bridgehead atoms. The first kappa shape index (κ1) is 19.6. The number of fused-ring (bicyclic) bond motifs is 1. The highest BCUT2D eigenvalue weighted by Gasteiger charge is 2.94. The van der Waals surface area contributed by atoms with E-state index in [4.69, 9.17) is 0 Å². The molecular weight excluding hydrogens is 398 g/mol. The van der Waals surface area contributed by atoms with Gasteiger partial charge in [0.25, 0.3) is 5.67 Å². The predicted octanol–water partition coefficient (Wildman–Crippen LogP) is 5.35. The topological polar surface area (TPSA) is 0 Å². The van der Waals surface area contributed by atoms with E-state index in [-0.39, 0.29) is 0 Å². The van der Waals surface area contributed by atoms with E-state index in [0.717, 1.165) is 0 Å². The van der Waals surface area contributed by atoms with Crippen molar-refractivity contribution in [2.45, 2.75) is 29.6 Å². The zero-order chi connectivity index (χ0) is 20.0. The van der Waals surface area contributed by atoms with Crippen molar-refractivity contribution in [3.8, 4) is 0 Å². The van der Waals surface area contributed by atoms with Gasteiger partial charge < -0.3 is 0 Å². The minimum Gasteiger partial charge on any atom is -0.227 e. The molecule has 0 saturated heterocycles. The molecule has 1 aliphatic carbocycles. The zero-order valence-electron chi connectivity index (χ0n) is 10.8. The highest BCUT2D eigenvalue weighted by atomic mass is 19.4. The van der Waals surface area contributed by atoms with Gasteiger partial charge in [-0.25, -0.2) is 26.3 Å². The lowest BCUT2D eigenvalue weighted by Gasteiger charge is -2.51. The quantitative estimate of drug-likeness (QED) is 0.340. The molecule has 0 nitrogen and oxygen atoms in total. The number of halogens is 14. The van der Waals surface area contributed by atoms with E-state index in [1.807, 2.05) is 0 Å². The van der Waals surface area contributed by atoms with E-state index in [1.54, 1.807) is 0 Å². The average molecular weight is 398 g/mol. The monoisotopic (exact) mass is 398 g/mol. The van der Waals surface area contributed by atoms with Crippen LogP contribution in [0.15, 0.2) is 0 Å². The molecule has 1 aromatic rings. The van der Waals surface area contributed by atoms with E-state index in [0.29, 0.717) is 0 Å². The summed E-state index contributed by atoms with van der Waals surface area (Å²) >= 11 is 0. The zero-order valence-corrected chi connectivity index (χ0v) is 10.8.